The lowest BCUT2D eigenvalue weighted by Crippen LogP contribution is -2.32. The summed E-state index contributed by atoms with van der Waals surface area (Å²) in [6.45, 7) is 1.91. The number of rotatable bonds is 9. The molecular formula is C20H21NO4S. The van der Waals surface area contributed by atoms with Crippen LogP contribution in [0.15, 0.2) is 48.5 Å². The van der Waals surface area contributed by atoms with Crippen molar-refractivity contribution in [3.8, 4) is 5.75 Å². The number of carbonyl (C=O) groups excluding carboxylic acids is 3. The lowest BCUT2D eigenvalue weighted by Gasteiger charge is -2.13. The smallest absolute Gasteiger partial charge is 0.239 e. The minimum absolute atomic E-state index is 0.0298. The molecule has 2 amide bonds. The van der Waals surface area contributed by atoms with Crippen LogP contribution in [0.4, 0.5) is 0 Å². The molecule has 0 aliphatic carbocycles. The zero-order chi connectivity index (χ0) is 18.9. The number of nitrogens with one attached hydrogen (secondary N) is 1. The zero-order valence-corrected chi connectivity index (χ0v) is 15.5. The number of Topliss-reactive ketones (excluding diaryl/α,β-unsaturated/α-hetero) is 1. The van der Waals surface area contributed by atoms with Crippen molar-refractivity contribution in [2.75, 3.05) is 12.9 Å². The van der Waals surface area contributed by atoms with E-state index in [4.69, 9.17) is 4.74 Å². The van der Waals surface area contributed by atoms with Crippen LogP contribution < -0.4 is 10.1 Å². The Labute approximate surface area is 157 Å². The molecule has 0 radical (unpaired) electrons. The van der Waals surface area contributed by atoms with Gasteiger partial charge in [0, 0.05) is 5.56 Å². The maximum atomic E-state index is 12.2. The SMILES string of the molecule is CSC(Cc1ccc(OCC(=O)c2cccc(C)c2)cc1)C(=O)NC=O. The largest absolute Gasteiger partial charge is 0.485 e. The van der Waals surface area contributed by atoms with Crippen molar-refractivity contribution < 1.29 is 19.1 Å². The maximum absolute atomic E-state index is 12.2. The molecule has 0 saturated carbocycles. The predicted molar refractivity (Wildman–Crippen MR) is 103 cm³/mol. The highest BCUT2D eigenvalue weighted by atomic mass is 32.2. The normalized spacial score (nSPS) is 11.5. The van der Waals surface area contributed by atoms with Crippen molar-refractivity contribution in [2.45, 2.75) is 18.6 Å². The van der Waals surface area contributed by atoms with Crippen molar-refractivity contribution >= 4 is 29.9 Å². The van der Waals surface area contributed by atoms with Crippen molar-refractivity contribution in [2.24, 2.45) is 0 Å². The molecule has 0 aliphatic rings. The van der Waals surface area contributed by atoms with Gasteiger partial charge in [-0.3, -0.25) is 19.7 Å². The van der Waals surface area contributed by atoms with Gasteiger partial charge < -0.3 is 4.74 Å². The Morgan fingerprint density at radius 1 is 1.19 bits per heavy atom. The number of imide groups is 1. The molecule has 0 heterocycles. The molecule has 0 fully saturated rings. The van der Waals surface area contributed by atoms with E-state index in [1.165, 1.54) is 11.8 Å². The van der Waals surface area contributed by atoms with Gasteiger partial charge in [-0.05, 0) is 43.4 Å². The van der Waals surface area contributed by atoms with Gasteiger partial charge >= 0.3 is 0 Å². The Kier molecular flexibility index (Phi) is 7.41. The summed E-state index contributed by atoms with van der Waals surface area (Å²) < 4.78 is 5.55. The molecule has 26 heavy (non-hydrogen) atoms. The van der Waals surface area contributed by atoms with Gasteiger partial charge in [0.15, 0.2) is 12.4 Å². The molecule has 136 valence electrons. The monoisotopic (exact) mass is 371 g/mol. The summed E-state index contributed by atoms with van der Waals surface area (Å²) in [7, 11) is 0. The van der Waals surface area contributed by atoms with E-state index in [1.54, 1.807) is 18.2 Å². The van der Waals surface area contributed by atoms with Gasteiger partial charge in [-0.2, -0.15) is 11.8 Å². The third-order valence-corrected chi connectivity index (χ3v) is 4.78. The van der Waals surface area contributed by atoms with E-state index in [1.807, 2.05) is 43.5 Å². The van der Waals surface area contributed by atoms with E-state index in [-0.39, 0.29) is 23.5 Å². The van der Waals surface area contributed by atoms with Crippen molar-refractivity contribution in [3.05, 3.63) is 65.2 Å². The molecule has 1 N–H and O–H groups in total. The molecule has 2 rings (SSSR count). The summed E-state index contributed by atoms with van der Waals surface area (Å²) in [4.78, 5) is 34.3. The Hall–Kier alpha value is -2.60. The van der Waals surface area contributed by atoms with Crippen molar-refractivity contribution in [1.82, 2.24) is 5.32 Å². The van der Waals surface area contributed by atoms with Gasteiger partial charge in [0.2, 0.25) is 12.3 Å². The van der Waals surface area contributed by atoms with Crippen LogP contribution in [0.3, 0.4) is 0 Å². The lowest BCUT2D eigenvalue weighted by atomic mass is 10.1. The standard InChI is InChI=1S/C20H21NO4S/c1-14-4-3-5-16(10-14)18(23)12-25-17-8-6-15(7-9-17)11-19(26-2)20(24)21-13-22/h3-10,13,19H,11-12H2,1-2H3,(H,21,22,24). The highest BCUT2D eigenvalue weighted by Gasteiger charge is 2.17. The van der Waals surface area contributed by atoms with Gasteiger partial charge in [-0.25, -0.2) is 0 Å². The summed E-state index contributed by atoms with van der Waals surface area (Å²) >= 11 is 1.38. The van der Waals surface area contributed by atoms with E-state index >= 15 is 0 Å². The first kappa shape index (κ1) is 19.7. The Morgan fingerprint density at radius 2 is 1.92 bits per heavy atom. The third kappa shape index (κ3) is 5.74. The van der Waals surface area contributed by atoms with Crippen LogP contribution in [-0.2, 0) is 16.0 Å². The first-order valence-corrected chi connectivity index (χ1v) is 9.40. The molecule has 1 atom stereocenters. The fourth-order valence-corrected chi connectivity index (χ4v) is 3.06. The lowest BCUT2D eigenvalue weighted by molar-refractivity contribution is -0.124. The van der Waals surface area contributed by atoms with E-state index < -0.39 is 0 Å². The topological polar surface area (TPSA) is 72.5 Å². The van der Waals surface area contributed by atoms with Crippen LogP contribution in [0, 0.1) is 6.92 Å². The summed E-state index contributed by atoms with van der Waals surface area (Å²) in [5, 5.41) is 1.84. The maximum Gasteiger partial charge on any atom is 0.239 e. The summed E-state index contributed by atoms with van der Waals surface area (Å²) in [6, 6.07) is 14.6. The highest BCUT2D eigenvalue weighted by Crippen LogP contribution is 2.18. The average Bonchev–Trinajstić information content (AvgIpc) is 2.65. The van der Waals surface area contributed by atoms with Crippen LogP contribution in [0.2, 0.25) is 0 Å². The van der Waals surface area contributed by atoms with Crippen LogP contribution in [-0.4, -0.2) is 36.2 Å². The number of benzene rings is 2. The van der Waals surface area contributed by atoms with Gasteiger partial charge in [0.05, 0.1) is 5.25 Å². The summed E-state index contributed by atoms with van der Waals surface area (Å²) in [5.74, 6) is 0.204. The minimum atomic E-state index is -0.338. The summed E-state index contributed by atoms with van der Waals surface area (Å²) in [6.07, 6.45) is 2.72. The number of amides is 2. The third-order valence-electron chi connectivity index (χ3n) is 3.83. The molecule has 0 bridgehead atoms. The molecule has 5 nitrogen and oxygen atoms in total. The van der Waals surface area contributed by atoms with E-state index in [2.05, 4.69) is 5.32 Å². The molecular weight excluding hydrogens is 350 g/mol. The van der Waals surface area contributed by atoms with Gasteiger partial charge in [-0.15, -0.1) is 0 Å². The minimum Gasteiger partial charge on any atom is -0.485 e. The molecule has 1 unspecified atom stereocenters. The van der Waals surface area contributed by atoms with Crippen LogP contribution in [0.5, 0.6) is 5.75 Å². The first-order valence-electron chi connectivity index (χ1n) is 8.12. The predicted octanol–water partition coefficient (Wildman–Crippen LogP) is 2.80. The second-order valence-corrected chi connectivity index (χ2v) is 6.82. The zero-order valence-electron chi connectivity index (χ0n) is 14.7. The highest BCUT2D eigenvalue weighted by molar-refractivity contribution is 7.99. The molecule has 6 heteroatoms. The van der Waals surface area contributed by atoms with Crippen molar-refractivity contribution in [1.29, 1.82) is 0 Å². The van der Waals surface area contributed by atoms with Crippen LogP contribution >= 0.6 is 11.8 Å². The number of aryl methyl sites for hydroxylation is 1. The molecule has 2 aromatic carbocycles. The number of hydrogen-bond acceptors (Lipinski definition) is 5. The van der Waals surface area contributed by atoms with Crippen molar-refractivity contribution in [3.63, 3.8) is 0 Å². The molecule has 0 aliphatic heterocycles. The van der Waals surface area contributed by atoms with Gasteiger partial charge in [0.25, 0.3) is 0 Å². The number of thioether (sulfide) groups is 1. The second kappa shape index (κ2) is 9.77. The second-order valence-electron chi connectivity index (χ2n) is 5.78. The molecule has 0 spiro atoms. The Balaban J connectivity index is 1.91. The van der Waals surface area contributed by atoms with Gasteiger partial charge in [-0.1, -0.05) is 35.9 Å². The number of ketones is 1. The van der Waals surface area contributed by atoms with E-state index in [0.29, 0.717) is 24.1 Å². The quantitative estimate of drug-likeness (QED) is 0.542. The fourth-order valence-electron chi connectivity index (χ4n) is 2.42. The first-order chi connectivity index (χ1) is 12.5. The number of hydrogen-bond donors (Lipinski definition) is 1. The fraction of sp³-hybridized carbons (Fsp3) is 0.250. The Morgan fingerprint density at radius 3 is 2.54 bits per heavy atom. The van der Waals surface area contributed by atoms with Gasteiger partial charge in [0.1, 0.15) is 5.75 Å². The summed E-state index contributed by atoms with van der Waals surface area (Å²) in [5.41, 5.74) is 2.61. The van der Waals surface area contributed by atoms with Crippen LogP contribution in [0.1, 0.15) is 21.5 Å². The molecule has 2 aromatic rings. The number of ether oxygens (including phenoxy) is 1. The molecule has 0 saturated heterocycles. The average molecular weight is 371 g/mol. The van der Waals surface area contributed by atoms with E-state index in [9.17, 15) is 14.4 Å². The number of carbonyl (C=O) groups is 3. The Bertz CT molecular complexity index is 774. The van der Waals surface area contributed by atoms with Crippen LogP contribution in [0.25, 0.3) is 0 Å². The van der Waals surface area contributed by atoms with E-state index in [0.717, 1.165) is 11.1 Å². The molecule has 0 aromatic heterocycles.